The van der Waals surface area contributed by atoms with Crippen molar-refractivity contribution in [2.24, 2.45) is 5.92 Å². The van der Waals surface area contributed by atoms with Crippen molar-refractivity contribution in [1.82, 2.24) is 24.8 Å². The van der Waals surface area contributed by atoms with Gasteiger partial charge < -0.3 is 10.1 Å². The summed E-state index contributed by atoms with van der Waals surface area (Å²) >= 11 is 0. The van der Waals surface area contributed by atoms with E-state index in [2.05, 4.69) is 34.1 Å². The molecule has 3 heterocycles. The number of hydrogen-bond acceptors (Lipinski definition) is 5. The molecule has 7 heteroatoms. The highest BCUT2D eigenvalue weighted by Gasteiger charge is 2.25. The minimum absolute atomic E-state index is 0.142. The predicted octanol–water partition coefficient (Wildman–Crippen LogP) is 2.48. The summed E-state index contributed by atoms with van der Waals surface area (Å²) in [6.45, 7) is 8.26. The van der Waals surface area contributed by atoms with Gasteiger partial charge in [-0.2, -0.15) is 5.10 Å². The minimum Gasteiger partial charge on any atom is -0.379 e. The Kier molecular flexibility index (Phi) is 5.87. The Balaban J connectivity index is 1.53. The monoisotopic (exact) mass is 393 g/mol. The Bertz CT molecular complexity index is 964. The van der Waals surface area contributed by atoms with E-state index in [1.165, 1.54) is 0 Å². The van der Waals surface area contributed by atoms with Crippen LogP contribution in [0.1, 0.15) is 24.2 Å². The Hall–Kier alpha value is -2.77. The number of benzene rings is 1. The van der Waals surface area contributed by atoms with Crippen LogP contribution in [0, 0.1) is 5.92 Å². The number of ether oxygens (including phenoxy) is 1. The molecule has 0 aliphatic carbocycles. The quantitative estimate of drug-likeness (QED) is 0.697. The van der Waals surface area contributed by atoms with E-state index in [9.17, 15) is 4.79 Å². The predicted molar refractivity (Wildman–Crippen MR) is 112 cm³/mol. The van der Waals surface area contributed by atoms with Gasteiger partial charge in [-0.25, -0.2) is 9.50 Å². The molecule has 0 saturated carbocycles. The van der Waals surface area contributed by atoms with Crippen LogP contribution in [0.15, 0.2) is 48.8 Å². The Morgan fingerprint density at radius 1 is 1.17 bits per heavy atom. The van der Waals surface area contributed by atoms with E-state index in [0.717, 1.165) is 37.6 Å². The van der Waals surface area contributed by atoms with Gasteiger partial charge in [-0.15, -0.1) is 0 Å². The van der Waals surface area contributed by atoms with Crippen molar-refractivity contribution >= 4 is 11.6 Å². The van der Waals surface area contributed by atoms with E-state index >= 15 is 0 Å². The number of carbonyl (C=O) groups excluding carboxylic acids is 1. The molecule has 1 amide bonds. The van der Waals surface area contributed by atoms with E-state index in [-0.39, 0.29) is 11.9 Å². The summed E-state index contributed by atoms with van der Waals surface area (Å²) < 4.78 is 7.19. The van der Waals surface area contributed by atoms with Crippen molar-refractivity contribution in [3.8, 4) is 11.3 Å². The molecule has 1 aromatic carbocycles. The van der Waals surface area contributed by atoms with E-state index in [1.807, 2.05) is 36.4 Å². The van der Waals surface area contributed by atoms with Crippen molar-refractivity contribution in [3.63, 3.8) is 0 Å². The molecule has 2 aromatic heterocycles. The third-order valence-electron chi connectivity index (χ3n) is 5.47. The lowest BCUT2D eigenvalue weighted by Crippen LogP contribution is -2.51. The molecular formula is C22H27N5O2. The first-order valence-corrected chi connectivity index (χ1v) is 10.1. The molecule has 1 fully saturated rings. The first-order valence-electron chi connectivity index (χ1n) is 10.1. The molecule has 1 aliphatic rings. The number of nitrogens with zero attached hydrogens (tertiary/aromatic N) is 4. The van der Waals surface area contributed by atoms with Crippen LogP contribution in [0.25, 0.3) is 16.9 Å². The van der Waals surface area contributed by atoms with Gasteiger partial charge in [0.2, 0.25) is 0 Å². The highest BCUT2D eigenvalue weighted by atomic mass is 16.5. The normalized spacial score (nSPS) is 16.2. The molecule has 7 nitrogen and oxygen atoms in total. The maximum absolute atomic E-state index is 12.9. The van der Waals surface area contributed by atoms with E-state index in [4.69, 9.17) is 4.74 Å². The molecule has 1 saturated heterocycles. The Morgan fingerprint density at radius 2 is 1.93 bits per heavy atom. The van der Waals surface area contributed by atoms with Crippen LogP contribution in [0.3, 0.4) is 0 Å². The van der Waals surface area contributed by atoms with Crippen molar-refractivity contribution in [1.29, 1.82) is 0 Å². The molecule has 4 rings (SSSR count). The zero-order chi connectivity index (χ0) is 20.2. The second kappa shape index (κ2) is 8.71. The second-order valence-electron chi connectivity index (χ2n) is 7.66. The maximum Gasteiger partial charge on any atom is 0.256 e. The number of fused-ring (bicyclic) bond motifs is 1. The van der Waals surface area contributed by atoms with Gasteiger partial charge in [0.25, 0.3) is 5.91 Å². The summed E-state index contributed by atoms with van der Waals surface area (Å²) in [7, 11) is 0. The van der Waals surface area contributed by atoms with Crippen LogP contribution in [0.5, 0.6) is 0 Å². The number of carbonyl (C=O) groups is 1. The second-order valence-corrected chi connectivity index (χ2v) is 7.66. The molecular weight excluding hydrogens is 366 g/mol. The average Bonchev–Trinajstić information content (AvgIpc) is 3.19. The van der Waals surface area contributed by atoms with Gasteiger partial charge in [-0.1, -0.05) is 44.2 Å². The first-order chi connectivity index (χ1) is 14.1. The third-order valence-corrected chi connectivity index (χ3v) is 5.47. The largest absolute Gasteiger partial charge is 0.379 e. The van der Waals surface area contributed by atoms with Gasteiger partial charge >= 0.3 is 0 Å². The van der Waals surface area contributed by atoms with Crippen LogP contribution < -0.4 is 5.32 Å². The third kappa shape index (κ3) is 4.16. The first kappa shape index (κ1) is 19.5. The molecule has 1 N–H and O–H groups in total. The smallest absolute Gasteiger partial charge is 0.256 e. The molecule has 0 spiro atoms. The standard InChI is InChI=1S/C22H27N5O2/c1-16(2)20(26-10-12-29-13-11-26)15-24-22(28)18-14-25-27-19(8-9-23-21(18)27)17-6-4-3-5-7-17/h3-9,14,16,20H,10-13,15H2,1-2H3,(H,24,28)/t20-/m1/s1. The fraction of sp³-hybridized carbons (Fsp3) is 0.409. The summed E-state index contributed by atoms with van der Waals surface area (Å²) in [5, 5.41) is 7.53. The van der Waals surface area contributed by atoms with Crippen molar-refractivity contribution in [3.05, 3.63) is 54.4 Å². The van der Waals surface area contributed by atoms with Crippen molar-refractivity contribution < 1.29 is 9.53 Å². The lowest BCUT2D eigenvalue weighted by Gasteiger charge is -2.36. The number of aromatic nitrogens is 3. The summed E-state index contributed by atoms with van der Waals surface area (Å²) in [5.74, 6) is 0.289. The highest BCUT2D eigenvalue weighted by Crippen LogP contribution is 2.20. The summed E-state index contributed by atoms with van der Waals surface area (Å²) in [6.07, 6.45) is 3.32. The van der Waals surface area contributed by atoms with Crippen LogP contribution >= 0.6 is 0 Å². The molecule has 3 aromatic rings. The molecule has 1 aliphatic heterocycles. The van der Waals surface area contributed by atoms with Crippen LogP contribution in [0.2, 0.25) is 0 Å². The number of morpholine rings is 1. The highest BCUT2D eigenvalue weighted by molar-refractivity contribution is 5.99. The molecule has 0 radical (unpaired) electrons. The fourth-order valence-corrected chi connectivity index (χ4v) is 3.87. The number of nitrogens with one attached hydrogen (secondary N) is 1. The van der Waals surface area contributed by atoms with Crippen molar-refractivity contribution in [2.75, 3.05) is 32.8 Å². The molecule has 29 heavy (non-hydrogen) atoms. The molecule has 0 bridgehead atoms. The van der Waals surface area contributed by atoms with Gasteiger partial charge in [0.15, 0.2) is 5.65 Å². The van der Waals surface area contributed by atoms with Gasteiger partial charge in [-0.3, -0.25) is 9.69 Å². The lowest BCUT2D eigenvalue weighted by molar-refractivity contribution is 0.00673. The lowest BCUT2D eigenvalue weighted by atomic mass is 10.0. The van der Waals surface area contributed by atoms with Crippen molar-refractivity contribution in [2.45, 2.75) is 19.9 Å². The zero-order valence-corrected chi connectivity index (χ0v) is 16.9. The maximum atomic E-state index is 12.9. The topological polar surface area (TPSA) is 71.8 Å². The van der Waals surface area contributed by atoms with Crippen LogP contribution in [-0.2, 0) is 4.74 Å². The zero-order valence-electron chi connectivity index (χ0n) is 16.9. The summed E-state index contributed by atoms with van der Waals surface area (Å²) in [4.78, 5) is 19.7. The summed E-state index contributed by atoms with van der Waals surface area (Å²) in [5.41, 5.74) is 2.99. The average molecular weight is 393 g/mol. The van der Waals surface area contributed by atoms with Gasteiger partial charge in [0, 0.05) is 37.4 Å². The Labute approximate surface area is 170 Å². The van der Waals surface area contributed by atoms with Gasteiger partial charge in [0.05, 0.1) is 25.1 Å². The van der Waals surface area contributed by atoms with E-state index in [0.29, 0.717) is 23.7 Å². The number of hydrogen-bond donors (Lipinski definition) is 1. The SMILES string of the molecule is CC(C)[C@@H](CNC(=O)c1cnn2c(-c3ccccc3)ccnc12)N1CCOCC1. The van der Waals surface area contributed by atoms with Crippen LogP contribution in [0.4, 0.5) is 0 Å². The molecule has 0 unspecified atom stereocenters. The molecule has 1 atom stereocenters. The van der Waals surface area contributed by atoms with E-state index < -0.39 is 0 Å². The summed E-state index contributed by atoms with van der Waals surface area (Å²) in [6, 6.07) is 12.2. The minimum atomic E-state index is -0.142. The van der Waals surface area contributed by atoms with Gasteiger partial charge in [0.1, 0.15) is 5.56 Å². The Morgan fingerprint density at radius 3 is 2.66 bits per heavy atom. The van der Waals surface area contributed by atoms with Crippen LogP contribution in [-0.4, -0.2) is 64.3 Å². The fourth-order valence-electron chi connectivity index (χ4n) is 3.87. The van der Waals surface area contributed by atoms with E-state index in [1.54, 1.807) is 16.9 Å². The van der Waals surface area contributed by atoms with Gasteiger partial charge in [-0.05, 0) is 12.0 Å². The number of rotatable bonds is 6. The molecule has 152 valence electrons. The number of amides is 1.